The lowest BCUT2D eigenvalue weighted by molar-refractivity contribution is -0.132. The number of nitrogens with zero attached hydrogens (tertiary/aromatic N) is 2. The first kappa shape index (κ1) is 16.0. The summed E-state index contributed by atoms with van der Waals surface area (Å²) in [5, 5.41) is 2.96. The Morgan fingerprint density at radius 3 is 2.83 bits per heavy atom. The minimum Gasteiger partial charge on any atom is -0.322 e. The summed E-state index contributed by atoms with van der Waals surface area (Å²) >= 11 is 1.75. The zero-order chi connectivity index (χ0) is 16.6. The van der Waals surface area contributed by atoms with Gasteiger partial charge in [0.15, 0.2) is 0 Å². The molecule has 24 heavy (non-hydrogen) atoms. The third-order valence-corrected chi connectivity index (χ3v) is 6.59. The van der Waals surface area contributed by atoms with Crippen LogP contribution in [0.5, 0.6) is 0 Å². The van der Waals surface area contributed by atoms with Gasteiger partial charge in [-0.15, -0.1) is 0 Å². The molecule has 3 aliphatic heterocycles. The van der Waals surface area contributed by atoms with Crippen molar-refractivity contribution in [3.63, 3.8) is 0 Å². The van der Waals surface area contributed by atoms with E-state index in [2.05, 4.69) is 34.5 Å². The number of hydrogen-bond donors (Lipinski definition) is 1. The Hall–Kier alpha value is -1.53. The Labute approximate surface area is 146 Å². The van der Waals surface area contributed by atoms with Crippen LogP contribution in [0.4, 0.5) is 4.79 Å². The fourth-order valence-corrected chi connectivity index (χ4v) is 5.34. The second kappa shape index (κ2) is 6.41. The number of benzene rings is 1. The standard InChI is InChI=1S/C18H23N3O2S/c22-16-18(8-10-24-12-18)19-17(23)21(16)13-20-9-4-7-15(20)11-14-5-2-1-3-6-14/h1-3,5-6,15H,4,7-13H2,(H,19,23)/t15-,18-/m0/s1. The fraction of sp³-hybridized carbons (Fsp3) is 0.556. The molecule has 4 rings (SSSR count). The van der Waals surface area contributed by atoms with Crippen LogP contribution in [0, 0.1) is 0 Å². The number of carbonyl (C=O) groups excluding carboxylic acids is 2. The molecule has 3 amide bonds. The van der Waals surface area contributed by atoms with Gasteiger partial charge in [-0.1, -0.05) is 30.3 Å². The molecule has 0 radical (unpaired) electrons. The summed E-state index contributed by atoms with van der Waals surface area (Å²) in [4.78, 5) is 28.9. The maximum Gasteiger partial charge on any atom is 0.326 e. The molecule has 1 N–H and O–H groups in total. The molecule has 0 unspecified atom stereocenters. The van der Waals surface area contributed by atoms with Gasteiger partial charge in [0.1, 0.15) is 5.54 Å². The van der Waals surface area contributed by atoms with E-state index in [0.717, 1.165) is 38.0 Å². The second-order valence-corrected chi connectivity index (χ2v) is 8.09. The van der Waals surface area contributed by atoms with E-state index < -0.39 is 5.54 Å². The predicted molar refractivity (Wildman–Crippen MR) is 94.8 cm³/mol. The van der Waals surface area contributed by atoms with Crippen molar-refractivity contribution in [2.24, 2.45) is 0 Å². The highest BCUT2D eigenvalue weighted by atomic mass is 32.2. The molecule has 3 fully saturated rings. The first-order chi connectivity index (χ1) is 11.7. The third kappa shape index (κ3) is 2.82. The average Bonchev–Trinajstić information content (AvgIpc) is 3.28. The van der Waals surface area contributed by atoms with Gasteiger partial charge in [-0.2, -0.15) is 11.8 Å². The number of imide groups is 1. The van der Waals surface area contributed by atoms with Crippen molar-refractivity contribution < 1.29 is 9.59 Å². The van der Waals surface area contributed by atoms with Crippen LogP contribution in [0.15, 0.2) is 30.3 Å². The van der Waals surface area contributed by atoms with Crippen molar-refractivity contribution in [2.75, 3.05) is 24.7 Å². The van der Waals surface area contributed by atoms with E-state index >= 15 is 0 Å². The van der Waals surface area contributed by atoms with E-state index in [-0.39, 0.29) is 11.9 Å². The first-order valence-electron chi connectivity index (χ1n) is 8.68. The van der Waals surface area contributed by atoms with Gasteiger partial charge in [0.05, 0.1) is 6.67 Å². The SMILES string of the molecule is O=C1N[C@]2(CCSC2)C(=O)N1CN1CCC[C@H]1Cc1ccccc1. The molecule has 1 spiro atoms. The lowest BCUT2D eigenvalue weighted by Crippen LogP contribution is -2.48. The van der Waals surface area contributed by atoms with Crippen molar-refractivity contribution in [1.82, 2.24) is 15.1 Å². The molecule has 0 aliphatic carbocycles. The molecule has 3 saturated heterocycles. The van der Waals surface area contributed by atoms with Crippen LogP contribution in [0.1, 0.15) is 24.8 Å². The summed E-state index contributed by atoms with van der Waals surface area (Å²) < 4.78 is 0. The number of urea groups is 1. The fourth-order valence-electron chi connectivity index (χ4n) is 4.02. The maximum atomic E-state index is 12.8. The largest absolute Gasteiger partial charge is 0.326 e. The Balaban J connectivity index is 1.44. The highest BCUT2D eigenvalue weighted by molar-refractivity contribution is 7.99. The Morgan fingerprint density at radius 1 is 1.25 bits per heavy atom. The summed E-state index contributed by atoms with van der Waals surface area (Å²) in [6.07, 6.45) is 3.99. The molecule has 1 aromatic carbocycles. The van der Waals surface area contributed by atoms with E-state index in [0.29, 0.717) is 18.5 Å². The first-order valence-corrected chi connectivity index (χ1v) is 9.83. The topological polar surface area (TPSA) is 52.7 Å². The van der Waals surface area contributed by atoms with Gasteiger partial charge < -0.3 is 5.32 Å². The molecule has 1 aromatic rings. The number of likely N-dealkylation sites (tertiary alicyclic amines) is 1. The Morgan fingerprint density at radius 2 is 2.08 bits per heavy atom. The minimum absolute atomic E-state index is 0.0251. The Bertz CT molecular complexity index is 630. The zero-order valence-corrected chi connectivity index (χ0v) is 14.6. The quantitative estimate of drug-likeness (QED) is 0.849. The van der Waals surface area contributed by atoms with E-state index in [4.69, 9.17) is 0 Å². The van der Waals surface area contributed by atoms with Crippen molar-refractivity contribution in [2.45, 2.75) is 37.3 Å². The van der Waals surface area contributed by atoms with Gasteiger partial charge in [0.2, 0.25) is 0 Å². The van der Waals surface area contributed by atoms with Crippen LogP contribution in [-0.2, 0) is 11.2 Å². The number of carbonyl (C=O) groups is 2. The molecular weight excluding hydrogens is 322 g/mol. The summed E-state index contributed by atoms with van der Waals surface area (Å²) in [5.41, 5.74) is 0.686. The van der Waals surface area contributed by atoms with Crippen LogP contribution in [0.2, 0.25) is 0 Å². The van der Waals surface area contributed by atoms with E-state index in [9.17, 15) is 9.59 Å². The molecule has 0 aromatic heterocycles. The smallest absolute Gasteiger partial charge is 0.322 e. The van der Waals surface area contributed by atoms with Gasteiger partial charge in [0.25, 0.3) is 5.91 Å². The molecule has 5 nitrogen and oxygen atoms in total. The summed E-state index contributed by atoms with van der Waals surface area (Å²) in [7, 11) is 0. The maximum absolute atomic E-state index is 12.8. The molecule has 0 bridgehead atoms. The van der Waals surface area contributed by atoms with Crippen LogP contribution in [0.3, 0.4) is 0 Å². The van der Waals surface area contributed by atoms with Gasteiger partial charge in [-0.05, 0) is 37.0 Å². The number of amides is 3. The molecule has 2 atom stereocenters. The van der Waals surface area contributed by atoms with Crippen LogP contribution in [-0.4, -0.2) is 58.0 Å². The summed E-state index contributed by atoms with van der Waals surface area (Å²) in [6.45, 7) is 1.38. The average molecular weight is 345 g/mol. The minimum atomic E-state index is -0.629. The van der Waals surface area contributed by atoms with Crippen molar-refractivity contribution >= 4 is 23.7 Å². The molecule has 6 heteroatoms. The summed E-state index contributed by atoms with van der Waals surface area (Å²) in [5.74, 6) is 1.63. The monoisotopic (exact) mass is 345 g/mol. The van der Waals surface area contributed by atoms with Crippen LogP contribution >= 0.6 is 11.8 Å². The zero-order valence-electron chi connectivity index (χ0n) is 13.7. The molecule has 3 aliphatic rings. The van der Waals surface area contributed by atoms with E-state index in [1.807, 2.05) is 6.07 Å². The number of thioether (sulfide) groups is 1. The highest BCUT2D eigenvalue weighted by Crippen LogP contribution is 2.34. The van der Waals surface area contributed by atoms with Crippen molar-refractivity contribution in [1.29, 1.82) is 0 Å². The molecule has 3 heterocycles. The normalized spacial score (nSPS) is 30.5. The van der Waals surface area contributed by atoms with Crippen molar-refractivity contribution in [3.05, 3.63) is 35.9 Å². The molecule has 128 valence electrons. The lowest BCUT2D eigenvalue weighted by atomic mass is 9.99. The molecular formula is C18H23N3O2S. The second-order valence-electron chi connectivity index (χ2n) is 6.99. The number of rotatable bonds is 4. The highest BCUT2D eigenvalue weighted by Gasteiger charge is 2.53. The third-order valence-electron chi connectivity index (χ3n) is 5.40. The molecule has 0 saturated carbocycles. The predicted octanol–water partition coefficient (Wildman–Crippen LogP) is 2.08. The number of nitrogens with one attached hydrogen (secondary N) is 1. The van der Waals surface area contributed by atoms with E-state index in [1.54, 1.807) is 11.8 Å². The van der Waals surface area contributed by atoms with Gasteiger partial charge >= 0.3 is 6.03 Å². The lowest BCUT2D eigenvalue weighted by Gasteiger charge is -2.28. The van der Waals surface area contributed by atoms with Gasteiger partial charge in [-0.25, -0.2) is 9.69 Å². The summed E-state index contributed by atoms with van der Waals surface area (Å²) in [6, 6.07) is 10.6. The number of hydrogen-bond acceptors (Lipinski definition) is 4. The Kier molecular flexibility index (Phi) is 4.26. The van der Waals surface area contributed by atoms with Crippen LogP contribution < -0.4 is 5.32 Å². The van der Waals surface area contributed by atoms with Crippen LogP contribution in [0.25, 0.3) is 0 Å². The van der Waals surface area contributed by atoms with Gasteiger partial charge in [0, 0.05) is 18.3 Å². The van der Waals surface area contributed by atoms with E-state index in [1.165, 1.54) is 10.5 Å². The van der Waals surface area contributed by atoms with Gasteiger partial charge in [-0.3, -0.25) is 9.69 Å². The van der Waals surface area contributed by atoms with Crippen molar-refractivity contribution in [3.8, 4) is 0 Å².